The third-order valence-corrected chi connectivity index (χ3v) is 6.44. The van der Waals surface area contributed by atoms with Crippen LogP contribution in [0, 0.1) is 13.8 Å². The summed E-state index contributed by atoms with van der Waals surface area (Å²) in [5.41, 5.74) is 2.81. The molecule has 0 aliphatic heterocycles. The number of carbonyl (C=O) groups is 2. The number of methoxy groups -OCH3 is 1. The first kappa shape index (κ1) is 26.2. The zero-order valence-electron chi connectivity index (χ0n) is 20.1. The maximum absolute atomic E-state index is 13.5. The predicted octanol–water partition coefficient (Wildman–Crippen LogP) is 2.63. The number of sulfonamides is 1. The van der Waals surface area contributed by atoms with Crippen molar-refractivity contribution in [3.8, 4) is 5.75 Å². The van der Waals surface area contributed by atoms with Crippen LogP contribution in [-0.2, 0) is 26.2 Å². The van der Waals surface area contributed by atoms with E-state index in [1.54, 1.807) is 52.1 Å². The van der Waals surface area contributed by atoms with Gasteiger partial charge in [0.1, 0.15) is 18.3 Å². The number of rotatable bonds is 10. The number of ether oxygens (including phenoxy) is 1. The Kier molecular flexibility index (Phi) is 8.87. The number of likely N-dealkylation sites (N-methyl/N-ethyl adjacent to an activating group) is 1. The number of amides is 2. The minimum atomic E-state index is -3.76. The predicted molar refractivity (Wildman–Crippen MR) is 130 cm³/mol. The summed E-state index contributed by atoms with van der Waals surface area (Å²) in [4.78, 5) is 27.5. The fourth-order valence-electron chi connectivity index (χ4n) is 3.45. The second-order valence-electron chi connectivity index (χ2n) is 8.00. The fraction of sp³-hybridized carbons (Fsp3) is 0.417. The lowest BCUT2D eigenvalue weighted by atomic mass is 10.1. The van der Waals surface area contributed by atoms with Gasteiger partial charge in [-0.2, -0.15) is 0 Å². The van der Waals surface area contributed by atoms with Crippen molar-refractivity contribution >= 4 is 27.5 Å². The van der Waals surface area contributed by atoms with E-state index in [9.17, 15) is 18.0 Å². The second kappa shape index (κ2) is 11.2. The summed E-state index contributed by atoms with van der Waals surface area (Å²) in [5.74, 6) is -0.173. The van der Waals surface area contributed by atoms with E-state index in [1.807, 2.05) is 25.1 Å². The van der Waals surface area contributed by atoms with Crippen molar-refractivity contribution in [2.45, 2.75) is 40.3 Å². The Labute approximate surface area is 196 Å². The van der Waals surface area contributed by atoms with Crippen LogP contribution in [0.2, 0.25) is 0 Å². The van der Waals surface area contributed by atoms with E-state index in [0.717, 1.165) is 27.3 Å². The summed E-state index contributed by atoms with van der Waals surface area (Å²) in [5, 5.41) is 2.73. The molecule has 0 spiro atoms. The van der Waals surface area contributed by atoms with Gasteiger partial charge in [0.25, 0.3) is 0 Å². The van der Waals surface area contributed by atoms with Gasteiger partial charge in [0.15, 0.2) is 0 Å². The normalized spacial score (nSPS) is 12.1. The van der Waals surface area contributed by atoms with E-state index < -0.39 is 28.5 Å². The SMILES string of the molecule is CCNC(=O)C(C)N(Cc1cccc(OC)c1)C(=O)CN(c1cc(C)ccc1C)S(C)(=O)=O. The van der Waals surface area contributed by atoms with E-state index in [2.05, 4.69) is 5.32 Å². The van der Waals surface area contributed by atoms with Gasteiger partial charge in [-0.15, -0.1) is 0 Å². The molecule has 9 heteroatoms. The average molecular weight is 476 g/mol. The minimum Gasteiger partial charge on any atom is -0.497 e. The molecular weight excluding hydrogens is 442 g/mol. The summed E-state index contributed by atoms with van der Waals surface area (Å²) in [7, 11) is -2.21. The highest BCUT2D eigenvalue weighted by Gasteiger charge is 2.30. The number of hydrogen-bond donors (Lipinski definition) is 1. The molecule has 180 valence electrons. The maximum atomic E-state index is 13.5. The third-order valence-electron chi connectivity index (χ3n) is 5.32. The van der Waals surface area contributed by atoms with E-state index in [-0.39, 0.29) is 12.5 Å². The van der Waals surface area contributed by atoms with E-state index in [1.165, 1.54) is 4.90 Å². The second-order valence-corrected chi connectivity index (χ2v) is 9.91. The van der Waals surface area contributed by atoms with Crippen LogP contribution in [0.5, 0.6) is 5.75 Å². The largest absolute Gasteiger partial charge is 0.497 e. The highest BCUT2D eigenvalue weighted by atomic mass is 32.2. The average Bonchev–Trinajstić information content (AvgIpc) is 2.76. The van der Waals surface area contributed by atoms with Crippen LogP contribution >= 0.6 is 0 Å². The number of nitrogens with zero attached hydrogens (tertiary/aromatic N) is 2. The van der Waals surface area contributed by atoms with Crippen molar-refractivity contribution in [1.82, 2.24) is 10.2 Å². The van der Waals surface area contributed by atoms with Gasteiger partial charge in [-0.05, 0) is 62.6 Å². The van der Waals surface area contributed by atoms with Gasteiger partial charge in [0.2, 0.25) is 21.8 Å². The number of nitrogens with one attached hydrogen (secondary N) is 1. The lowest BCUT2D eigenvalue weighted by Crippen LogP contribution is -2.51. The van der Waals surface area contributed by atoms with Crippen molar-refractivity contribution in [3.05, 3.63) is 59.2 Å². The molecule has 0 aromatic heterocycles. The maximum Gasteiger partial charge on any atom is 0.244 e. The standard InChI is InChI=1S/C24H33N3O5S/c1-7-25-24(29)19(4)26(15-20-9-8-10-21(14-20)32-5)23(28)16-27(33(6,30)31)22-13-17(2)11-12-18(22)3/h8-14,19H,7,15-16H2,1-6H3,(H,25,29). The Morgan fingerprint density at radius 1 is 1.12 bits per heavy atom. The van der Waals surface area contributed by atoms with E-state index in [4.69, 9.17) is 4.74 Å². The fourth-order valence-corrected chi connectivity index (χ4v) is 4.35. The van der Waals surface area contributed by atoms with Crippen LogP contribution in [0.4, 0.5) is 5.69 Å². The van der Waals surface area contributed by atoms with Gasteiger partial charge in [0, 0.05) is 13.1 Å². The molecule has 33 heavy (non-hydrogen) atoms. The molecule has 0 aliphatic rings. The topological polar surface area (TPSA) is 96.0 Å². The van der Waals surface area contributed by atoms with Crippen LogP contribution in [0.25, 0.3) is 0 Å². The van der Waals surface area contributed by atoms with Gasteiger partial charge >= 0.3 is 0 Å². The zero-order chi connectivity index (χ0) is 24.8. The number of hydrogen-bond acceptors (Lipinski definition) is 5. The summed E-state index contributed by atoms with van der Waals surface area (Å²) >= 11 is 0. The third kappa shape index (κ3) is 6.95. The number of benzene rings is 2. The first-order valence-electron chi connectivity index (χ1n) is 10.7. The van der Waals surface area contributed by atoms with Crippen molar-refractivity contribution in [1.29, 1.82) is 0 Å². The van der Waals surface area contributed by atoms with Crippen LogP contribution in [0.1, 0.15) is 30.5 Å². The van der Waals surface area contributed by atoms with Crippen LogP contribution in [0.3, 0.4) is 0 Å². The molecule has 0 saturated carbocycles. The van der Waals surface area contributed by atoms with Gasteiger partial charge in [-0.3, -0.25) is 13.9 Å². The molecule has 2 aromatic carbocycles. The van der Waals surface area contributed by atoms with Crippen molar-refractivity contribution < 1.29 is 22.7 Å². The Bertz CT molecular complexity index is 1100. The molecule has 1 atom stereocenters. The molecule has 0 heterocycles. The molecule has 8 nitrogen and oxygen atoms in total. The summed E-state index contributed by atoms with van der Waals surface area (Å²) in [6, 6.07) is 11.8. The minimum absolute atomic E-state index is 0.124. The summed E-state index contributed by atoms with van der Waals surface area (Å²) < 4.78 is 31.7. The highest BCUT2D eigenvalue weighted by molar-refractivity contribution is 7.92. The molecule has 0 bridgehead atoms. The van der Waals surface area contributed by atoms with Crippen molar-refractivity contribution in [3.63, 3.8) is 0 Å². The molecular formula is C24H33N3O5S. The van der Waals surface area contributed by atoms with Gasteiger partial charge in [-0.1, -0.05) is 24.3 Å². The van der Waals surface area contributed by atoms with Crippen molar-refractivity contribution in [2.75, 3.05) is 30.8 Å². The Morgan fingerprint density at radius 2 is 1.82 bits per heavy atom. The number of aryl methyl sites for hydroxylation is 2. The number of carbonyl (C=O) groups excluding carboxylic acids is 2. The van der Waals surface area contributed by atoms with Gasteiger partial charge < -0.3 is 15.0 Å². The summed E-state index contributed by atoms with van der Waals surface area (Å²) in [6.07, 6.45) is 1.07. The Hall–Kier alpha value is -3.07. The molecule has 0 aliphatic carbocycles. The van der Waals surface area contributed by atoms with Gasteiger partial charge in [-0.25, -0.2) is 8.42 Å². The molecule has 0 fully saturated rings. The molecule has 0 saturated heterocycles. The number of anilines is 1. The van der Waals surface area contributed by atoms with E-state index in [0.29, 0.717) is 18.0 Å². The Morgan fingerprint density at radius 3 is 2.42 bits per heavy atom. The van der Waals surface area contributed by atoms with Crippen LogP contribution < -0.4 is 14.4 Å². The molecule has 2 amide bonds. The van der Waals surface area contributed by atoms with E-state index >= 15 is 0 Å². The highest BCUT2D eigenvalue weighted by Crippen LogP contribution is 2.25. The van der Waals surface area contributed by atoms with Crippen LogP contribution in [0.15, 0.2) is 42.5 Å². The smallest absolute Gasteiger partial charge is 0.244 e. The molecule has 0 radical (unpaired) electrons. The quantitative estimate of drug-likeness (QED) is 0.570. The molecule has 1 N–H and O–H groups in total. The lowest BCUT2D eigenvalue weighted by molar-refractivity contribution is -0.139. The monoisotopic (exact) mass is 475 g/mol. The molecule has 2 rings (SSSR count). The van der Waals surface area contributed by atoms with Crippen molar-refractivity contribution in [2.24, 2.45) is 0 Å². The summed E-state index contributed by atoms with van der Waals surface area (Å²) in [6.45, 7) is 7.20. The first-order chi connectivity index (χ1) is 15.5. The zero-order valence-corrected chi connectivity index (χ0v) is 20.9. The Balaban J connectivity index is 2.44. The lowest BCUT2D eigenvalue weighted by Gasteiger charge is -2.32. The molecule has 2 aromatic rings. The van der Waals surface area contributed by atoms with Gasteiger partial charge in [0.05, 0.1) is 19.1 Å². The first-order valence-corrected chi connectivity index (χ1v) is 12.6. The molecule has 1 unspecified atom stereocenters. The van der Waals surface area contributed by atoms with Crippen LogP contribution in [-0.4, -0.2) is 57.6 Å².